The smallest absolute Gasteiger partial charge is 0.0596 e. The van der Waals surface area contributed by atoms with E-state index in [0.29, 0.717) is 0 Å². The third-order valence-corrected chi connectivity index (χ3v) is 4.49. The van der Waals surface area contributed by atoms with Crippen molar-refractivity contribution in [3.8, 4) is 0 Å². The molecule has 15 heavy (non-hydrogen) atoms. The first kappa shape index (κ1) is 13.1. The van der Waals surface area contributed by atoms with E-state index in [4.69, 9.17) is 0 Å². The van der Waals surface area contributed by atoms with Crippen molar-refractivity contribution < 1.29 is 5.11 Å². The summed E-state index contributed by atoms with van der Waals surface area (Å²) in [4.78, 5) is 2.74. The summed E-state index contributed by atoms with van der Waals surface area (Å²) in [6, 6.07) is 4.33. The fourth-order valence-corrected chi connectivity index (χ4v) is 3.18. The van der Waals surface area contributed by atoms with E-state index in [9.17, 15) is 5.11 Å². The first-order valence-corrected chi connectivity index (χ1v) is 7.56. The van der Waals surface area contributed by atoms with Gasteiger partial charge in [-0.3, -0.25) is 0 Å². The van der Waals surface area contributed by atoms with E-state index in [0.717, 1.165) is 30.8 Å². The van der Waals surface area contributed by atoms with Crippen LogP contribution in [-0.4, -0.2) is 22.7 Å². The van der Waals surface area contributed by atoms with Crippen molar-refractivity contribution in [2.45, 2.75) is 39.2 Å². The van der Waals surface area contributed by atoms with Crippen LogP contribution in [0.15, 0.2) is 12.1 Å². The van der Waals surface area contributed by atoms with Crippen LogP contribution in [0.1, 0.15) is 30.0 Å². The van der Waals surface area contributed by atoms with Crippen LogP contribution in [0.4, 0.5) is 0 Å². The van der Waals surface area contributed by atoms with Crippen LogP contribution in [0.25, 0.3) is 0 Å². The summed E-state index contributed by atoms with van der Waals surface area (Å²) in [5, 5.41) is 9.80. The molecule has 1 N–H and O–H groups in total. The highest BCUT2D eigenvalue weighted by molar-refractivity contribution is 7.99. The average Bonchev–Trinajstić information content (AvgIpc) is 2.66. The van der Waals surface area contributed by atoms with Crippen LogP contribution in [0.3, 0.4) is 0 Å². The molecule has 0 aliphatic carbocycles. The van der Waals surface area contributed by atoms with Crippen molar-refractivity contribution >= 4 is 23.1 Å². The summed E-state index contributed by atoms with van der Waals surface area (Å²) < 4.78 is 0. The number of thiophene rings is 1. The topological polar surface area (TPSA) is 20.2 Å². The van der Waals surface area contributed by atoms with Crippen molar-refractivity contribution in [3.05, 3.63) is 21.9 Å². The second-order valence-electron chi connectivity index (χ2n) is 3.57. The van der Waals surface area contributed by atoms with Gasteiger partial charge in [0.15, 0.2) is 0 Å². The maximum absolute atomic E-state index is 9.80. The van der Waals surface area contributed by atoms with Gasteiger partial charge >= 0.3 is 0 Å². The normalized spacial score (nSPS) is 13.0. The van der Waals surface area contributed by atoms with Crippen LogP contribution >= 0.6 is 23.1 Å². The second kappa shape index (κ2) is 7.31. The Morgan fingerprint density at radius 2 is 2.07 bits per heavy atom. The van der Waals surface area contributed by atoms with Crippen molar-refractivity contribution in [2.75, 3.05) is 11.5 Å². The van der Waals surface area contributed by atoms with Gasteiger partial charge in [-0.05, 0) is 36.5 Å². The molecule has 1 heterocycles. The number of aliphatic hydroxyl groups is 1. The molecule has 1 aromatic heterocycles. The molecule has 3 heteroatoms. The van der Waals surface area contributed by atoms with Crippen LogP contribution in [0, 0.1) is 0 Å². The van der Waals surface area contributed by atoms with Gasteiger partial charge in [0.25, 0.3) is 0 Å². The zero-order chi connectivity index (χ0) is 11.1. The summed E-state index contributed by atoms with van der Waals surface area (Å²) in [7, 11) is 0. The predicted octanol–water partition coefficient (Wildman–Crippen LogP) is 3.36. The molecular weight excluding hydrogens is 224 g/mol. The first-order chi connectivity index (χ1) is 7.26. The average molecular weight is 244 g/mol. The molecule has 0 saturated heterocycles. The lowest BCUT2D eigenvalue weighted by Gasteiger charge is -2.07. The molecule has 0 spiro atoms. The lowest BCUT2D eigenvalue weighted by Crippen LogP contribution is -2.10. The number of thioether (sulfide) groups is 1. The molecule has 0 bridgehead atoms. The van der Waals surface area contributed by atoms with Crippen LogP contribution in [0.5, 0.6) is 0 Å². The Kier molecular flexibility index (Phi) is 6.37. The molecule has 0 saturated carbocycles. The van der Waals surface area contributed by atoms with Gasteiger partial charge in [0.2, 0.25) is 0 Å². The Morgan fingerprint density at radius 1 is 1.33 bits per heavy atom. The van der Waals surface area contributed by atoms with E-state index in [1.807, 2.05) is 23.1 Å². The molecule has 0 amide bonds. The molecule has 1 aromatic rings. The van der Waals surface area contributed by atoms with Gasteiger partial charge in [-0.1, -0.05) is 13.8 Å². The highest BCUT2D eigenvalue weighted by atomic mass is 32.2. The maximum atomic E-state index is 9.80. The van der Waals surface area contributed by atoms with Crippen molar-refractivity contribution in [1.82, 2.24) is 0 Å². The summed E-state index contributed by atoms with van der Waals surface area (Å²) >= 11 is 3.73. The number of aliphatic hydroxyl groups excluding tert-OH is 1. The van der Waals surface area contributed by atoms with Crippen LogP contribution in [0.2, 0.25) is 0 Å². The van der Waals surface area contributed by atoms with E-state index in [2.05, 4.69) is 26.0 Å². The summed E-state index contributed by atoms with van der Waals surface area (Å²) in [5.74, 6) is 2.22. The molecule has 0 aliphatic rings. The number of aryl methyl sites for hydroxylation is 1. The highest BCUT2D eigenvalue weighted by Gasteiger charge is 2.07. The minimum atomic E-state index is -0.160. The van der Waals surface area contributed by atoms with Gasteiger partial charge in [-0.2, -0.15) is 11.8 Å². The lowest BCUT2D eigenvalue weighted by molar-refractivity contribution is 0.173. The van der Waals surface area contributed by atoms with E-state index in [-0.39, 0.29) is 6.10 Å². The van der Waals surface area contributed by atoms with Gasteiger partial charge in [-0.25, -0.2) is 0 Å². The maximum Gasteiger partial charge on any atom is 0.0596 e. The SMILES string of the molecule is CCSCCC(O)Cc1ccc(CC)s1. The largest absolute Gasteiger partial charge is 0.393 e. The van der Waals surface area contributed by atoms with Crippen LogP contribution in [-0.2, 0) is 12.8 Å². The van der Waals surface area contributed by atoms with Gasteiger partial charge < -0.3 is 5.11 Å². The molecule has 1 atom stereocenters. The Bertz CT molecular complexity index is 270. The van der Waals surface area contributed by atoms with Gasteiger partial charge in [-0.15, -0.1) is 11.3 Å². The number of hydrogen-bond donors (Lipinski definition) is 1. The summed E-state index contributed by atoms with van der Waals surface area (Å²) in [6.45, 7) is 4.33. The molecule has 0 radical (unpaired) electrons. The minimum Gasteiger partial charge on any atom is -0.393 e. The predicted molar refractivity (Wildman–Crippen MR) is 71.0 cm³/mol. The van der Waals surface area contributed by atoms with Crippen LogP contribution < -0.4 is 0 Å². The van der Waals surface area contributed by atoms with Gasteiger partial charge in [0, 0.05) is 16.2 Å². The highest BCUT2D eigenvalue weighted by Crippen LogP contribution is 2.19. The Labute approximate surface area is 101 Å². The standard InChI is InChI=1S/C12H20OS2/c1-3-11-5-6-12(15-11)9-10(13)7-8-14-4-2/h5-6,10,13H,3-4,7-9H2,1-2H3. The van der Waals surface area contributed by atoms with Crippen molar-refractivity contribution in [3.63, 3.8) is 0 Å². The molecule has 86 valence electrons. The summed E-state index contributed by atoms with van der Waals surface area (Å²) in [5.41, 5.74) is 0. The molecule has 1 unspecified atom stereocenters. The minimum absolute atomic E-state index is 0.160. The second-order valence-corrected chi connectivity index (χ2v) is 6.21. The Balaban J connectivity index is 2.27. The fraction of sp³-hybridized carbons (Fsp3) is 0.667. The molecule has 1 nitrogen and oxygen atoms in total. The van der Waals surface area contributed by atoms with Crippen molar-refractivity contribution in [1.29, 1.82) is 0 Å². The molecule has 0 aliphatic heterocycles. The molecule has 0 aromatic carbocycles. The molecular formula is C12H20OS2. The Morgan fingerprint density at radius 3 is 2.67 bits per heavy atom. The quantitative estimate of drug-likeness (QED) is 0.742. The summed E-state index contributed by atoms with van der Waals surface area (Å²) in [6.07, 6.45) is 2.69. The monoisotopic (exact) mass is 244 g/mol. The third kappa shape index (κ3) is 5.05. The molecule has 1 rings (SSSR count). The zero-order valence-corrected chi connectivity index (χ0v) is 11.2. The van der Waals surface area contributed by atoms with E-state index in [1.54, 1.807) is 0 Å². The fourth-order valence-electron chi connectivity index (χ4n) is 1.42. The van der Waals surface area contributed by atoms with Crippen molar-refractivity contribution in [2.24, 2.45) is 0 Å². The number of rotatable bonds is 7. The van der Waals surface area contributed by atoms with Gasteiger partial charge in [0.05, 0.1) is 6.10 Å². The lowest BCUT2D eigenvalue weighted by atomic mass is 10.2. The number of hydrogen-bond acceptors (Lipinski definition) is 3. The molecule has 0 fully saturated rings. The van der Waals surface area contributed by atoms with E-state index in [1.165, 1.54) is 9.75 Å². The first-order valence-electron chi connectivity index (χ1n) is 5.59. The Hall–Kier alpha value is 0.01000. The third-order valence-electron chi connectivity index (χ3n) is 2.30. The van der Waals surface area contributed by atoms with E-state index >= 15 is 0 Å². The zero-order valence-electron chi connectivity index (χ0n) is 9.53. The van der Waals surface area contributed by atoms with Gasteiger partial charge in [0.1, 0.15) is 0 Å². The van der Waals surface area contributed by atoms with E-state index < -0.39 is 0 Å².